The van der Waals surface area contributed by atoms with Crippen LogP contribution in [0.25, 0.3) is 0 Å². The Bertz CT molecular complexity index is 1130. The van der Waals surface area contributed by atoms with Crippen LogP contribution in [-0.4, -0.2) is 96.0 Å². The first-order valence-corrected chi connectivity index (χ1v) is 16.0. The van der Waals surface area contributed by atoms with Crippen LogP contribution >= 0.6 is 0 Å². The second kappa shape index (κ2) is 20.6. The first-order chi connectivity index (χ1) is 21.6. The molecule has 0 aliphatic heterocycles. The number of carbonyl (C=O) groups excluding carboxylic acids is 3. The Labute approximate surface area is 268 Å². The largest absolute Gasteiger partial charge is 0.389 e. The van der Waals surface area contributed by atoms with Crippen molar-refractivity contribution < 1.29 is 29.0 Å². The van der Waals surface area contributed by atoms with Crippen molar-refractivity contribution in [2.75, 3.05) is 34.0 Å². The number of benzene rings is 1. The maximum absolute atomic E-state index is 13.7. The number of likely N-dealkylation sites (N-methyl/N-ethyl adjacent to an activating group) is 2. The maximum atomic E-state index is 13.7. The van der Waals surface area contributed by atoms with Gasteiger partial charge in [-0.05, 0) is 37.8 Å². The monoisotopic (exact) mass is 626 g/mol. The van der Waals surface area contributed by atoms with Crippen molar-refractivity contribution in [2.24, 2.45) is 11.8 Å². The molecule has 248 valence electrons. The van der Waals surface area contributed by atoms with Crippen LogP contribution in [0.2, 0.25) is 0 Å². The van der Waals surface area contributed by atoms with E-state index in [1.165, 1.54) is 9.80 Å². The van der Waals surface area contributed by atoms with E-state index in [1.807, 2.05) is 30.3 Å². The fraction of sp³-hybridized carbons (Fsp3) is 0.629. The fourth-order valence-electron chi connectivity index (χ4n) is 5.67. The van der Waals surface area contributed by atoms with Crippen molar-refractivity contribution in [3.63, 3.8) is 0 Å². The van der Waals surface area contributed by atoms with Crippen LogP contribution in [-0.2, 0) is 20.8 Å². The van der Waals surface area contributed by atoms with Gasteiger partial charge in [0.05, 0.1) is 18.1 Å². The van der Waals surface area contributed by atoms with E-state index in [4.69, 9.17) is 12.8 Å². The third-order valence-corrected chi connectivity index (χ3v) is 8.55. The summed E-state index contributed by atoms with van der Waals surface area (Å²) in [5.41, 5.74) is 0.855. The Morgan fingerprint density at radius 1 is 1.00 bits per heavy atom. The minimum absolute atomic E-state index is 0.0663. The van der Waals surface area contributed by atoms with Crippen molar-refractivity contribution in [2.45, 2.75) is 94.9 Å². The Morgan fingerprint density at radius 3 is 2.31 bits per heavy atom. The maximum Gasteiger partial charge on any atom is 0.242 e. The zero-order chi connectivity index (χ0) is 33.2. The third-order valence-electron chi connectivity index (χ3n) is 8.55. The normalized spacial score (nSPS) is 16.8. The number of terminal acetylenes is 2. The molecule has 0 saturated heterocycles. The number of rotatable bonds is 19. The van der Waals surface area contributed by atoms with Gasteiger partial charge in [-0.1, -0.05) is 62.4 Å². The molecule has 0 aromatic heterocycles. The molecule has 0 heterocycles. The number of nitrogens with one attached hydrogen (secondary N) is 2. The number of alkyl halides is 1. The molecule has 0 radical (unpaired) electrons. The lowest BCUT2D eigenvalue weighted by atomic mass is 9.82. The van der Waals surface area contributed by atoms with Crippen LogP contribution in [0.1, 0.15) is 69.8 Å². The van der Waals surface area contributed by atoms with Crippen molar-refractivity contribution in [1.29, 1.82) is 0 Å². The minimum atomic E-state index is -1.29. The van der Waals surface area contributed by atoms with Gasteiger partial charge in [-0.15, -0.1) is 24.7 Å². The smallest absolute Gasteiger partial charge is 0.242 e. The second-order valence-electron chi connectivity index (χ2n) is 12.2. The molecule has 1 aromatic carbocycles. The van der Waals surface area contributed by atoms with E-state index in [9.17, 15) is 29.0 Å². The summed E-state index contributed by atoms with van der Waals surface area (Å²) in [5.74, 6) is 3.08. The van der Waals surface area contributed by atoms with E-state index in [1.54, 1.807) is 14.1 Å². The SMILES string of the molecule is C#CCCC(NC(=O)C(CC(=O)N(C)CCN(C)CF)Cc1ccccc1)C(=O)NC(CC1CCCCC1)C(O)C(O)CC#C. The number of amides is 3. The van der Waals surface area contributed by atoms with Crippen LogP contribution in [0.15, 0.2) is 30.3 Å². The molecule has 0 bridgehead atoms. The number of hydrogen-bond acceptors (Lipinski definition) is 6. The molecule has 2 rings (SSSR count). The van der Waals surface area contributed by atoms with E-state index in [2.05, 4.69) is 22.5 Å². The van der Waals surface area contributed by atoms with E-state index in [-0.39, 0.29) is 43.9 Å². The molecule has 5 unspecified atom stereocenters. The zero-order valence-corrected chi connectivity index (χ0v) is 26.8. The van der Waals surface area contributed by atoms with Crippen LogP contribution in [0.5, 0.6) is 0 Å². The Hall–Kier alpha value is -3.44. The number of nitrogens with zero attached hydrogens (tertiary/aromatic N) is 2. The number of hydrogen-bond donors (Lipinski definition) is 4. The predicted octanol–water partition coefficient (Wildman–Crippen LogP) is 2.65. The molecule has 1 aliphatic carbocycles. The number of aliphatic hydroxyl groups excluding tert-OH is 2. The molecule has 10 heteroatoms. The topological polar surface area (TPSA) is 122 Å². The average molecular weight is 627 g/mol. The lowest BCUT2D eigenvalue weighted by Crippen LogP contribution is -2.56. The molecule has 5 atom stereocenters. The van der Waals surface area contributed by atoms with Gasteiger partial charge in [0.15, 0.2) is 0 Å². The second-order valence-corrected chi connectivity index (χ2v) is 12.2. The molecule has 45 heavy (non-hydrogen) atoms. The predicted molar refractivity (Wildman–Crippen MR) is 173 cm³/mol. The molecule has 1 saturated carbocycles. The fourth-order valence-corrected chi connectivity index (χ4v) is 5.67. The summed E-state index contributed by atoms with van der Waals surface area (Å²) < 4.78 is 12.9. The summed E-state index contributed by atoms with van der Waals surface area (Å²) in [6.45, 7) is -0.00150. The summed E-state index contributed by atoms with van der Waals surface area (Å²) >= 11 is 0. The minimum Gasteiger partial charge on any atom is -0.389 e. The molecular formula is C35H51FN4O5. The highest BCUT2D eigenvalue weighted by Crippen LogP contribution is 2.28. The van der Waals surface area contributed by atoms with Crippen LogP contribution in [0, 0.1) is 36.5 Å². The van der Waals surface area contributed by atoms with Gasteiger partial charge in [0.25, 0.3) is 0 Å². The summed E-state index contributed by atoms with van der Waals surface area (Å²) in [6.07, 6.45) is 14.5. The van der Waals surface area contributed by atoms with E-state index in [0.717, 1.165) is 37.7 Å². The lowest BCUT2D eigenvalue weighted by molar-refractivity contribution is -0.137. The van der Waals surface area contributed by atoms with Gasteiger partial charge < -0.3 is 25.7 Å². The summed E-state index contributed by atoms with van der Waals surface area (Å²) in [7, 11) is 3.22. The Kier molecular flexibility index (Phi) is 17.2. The summed E-state index contributed by atoms with van der Waals surface area (Å²) in [6, 6.07) is 7.49. The van der Waals surface area contributed by atoms with Crippen molar-refractivity contribution >= 4 is 17.7 Å². The molecule has 0 spiro atoms. The van der Waals surface area contributed by atoms with Gasteiger partial charge in [0.2, 0.25) is 17.7 Å². The lowest BCUT2D eigenvalue weighted by Gasteiger charge is -2.33. The van der Waals surface area contributed by atoms with Gasteiger partial charge >= 0.3 is 0 Å². The molecule has 3 amide bonds. The van der Waals surface area contributed by atoms with Crippen molar-refractivity contribution in [3.05, 3.63) is 35.9 Å². The average Bonchev–Trinajstić information content (AvgIpc) is 3.05. The van der Waals surface area contributed by atoms with Crippen LogP contribution < -0.4 is 10.6 Å². The van der Waals surface area contributed by atoms with Gasteiger partial charge in [-0.3, -0.25) is 19.3 Å². The molecule has 1 fully saturated rings. The summed E-state index contributed by atoms with van der Waals surface area (Å²) in [4.78, 5) is 43.5. The van der Waals surface area contributed by atoms with E-state index in [0.29, 0.717) is 19.5 Å². The highest BCUT2D eigenvalue weighted by molar-refractivity contribution is 5.91. The standard InChI is InChI=1S/C35H51FN4O5/c1-5-7-19-29(35(45)38-30(33(43)31(41)14-6-2)23-27-17-12-9-13-18-27)37-34(44)28(22-26-15-10-8-11-16-26)24-32(42)40(4)21-20-39(3)25-36/h1-2,8,10-11,15-16,27-31,33,41,43H,7,9,12-14,17-25H2,3-4H3,(H,37,44)(H,38,45). The first kappa shape index (κ1) is 37.7. The van der Waals surface area contributed by atoms with Crippen molar-refractivity contribution in [1.82, 2.24) is 20.4 Å². The highest BCUT2D eigenvalue weighted by atomic mass is 19.1. The van der Waals surface area contributed by atoms with Gasteiger partial charge in [-0.25, -0.2) is 4.39 Å². The molecule has 4 N–H and O–H groups in total. The van der Waals surface area contributed by atoms with E-state index >= 15 is 0 Å². The molecule has 1 aromatic rings. The Balaban J connectivity index is 2.23. The number of aliphatic hydroxyl groups is 2. The highest BCUT2D eigenvalue weighted by Gasteiger charge is 2.34. The molecular weight excluding hydrogens is 575 g/mol. The summed E-state index contributed by atoms with van der Waals surface area (Å²) in [5, 5.41) is 27.2. The zero-order valence-electron chi connectivity index (χ0n) is 26.8. The number of halogens is 1. The quantitative estimate of drug-likeness (QED) is 0.138. The van der Waals surface area contributed by atoms with Crippen LogP contribution in [0.3, 0.4) is 0 Å². The van der Waals surface area contributed by atoms with Gasteiger partial charge in [0.1, 0.15) is 18.9 Å². The van der Waals surface area contributed by atoms with Gasteiger partial charge in [-0.2, -0.15) is 0 Å². The third kappa shape index (κ3) is 13.6. The van der Waals surface area contributed by atoms with Crippen molar-refractivity contribution in [3.8, 4) is 24.7 Å². The Morgan fingerprint density at radius 2 is 1.69 bits per heavy atom. The molecule has 1 aliphatic rings. The first-order valence-electron chi connectivity index (χ1n) is 16.0. The van der Waals surface area contributed by atoms with E-state index < -0.39 is 48.8 Å². The molecule has 9 nitrogen and oxygen atoms in total. The van der Waals surface area contributed by atoms with Crippen LogP contribution in [0.4, 0.5) is 4.39 Å². The number of carbonyl (C=O) groups is 3. The van der Waals surface area contributed by atoms with Gasteiger partial charge in [0, 0.05) is 39.4 Å².